The summed E-state index contributed by atoms with van der Waals surface area (Å²) in [5, 5.41) is 10.6. The fraction of sp³-hybridized carbons (Fsp3) is 0.214. The fourth-order valence-corrected chi connectivity index (χ4v) is 2.37. The van der Waals surface area contributed by atoms with E-state index in [9.17, 15) is 14.4 Å². The molecule has 0 radical (unpaired) electrons. The van der Waals surface area contributed by atoms with Gasteiger partial charge in [0.15, 0.2) is 17.6 Å². The SMILES string of the molecule is COc1cc(/C=C2\SC(=O)NC2=O)ccc1OC(C)C(=O)O. The highest BCUT2D eigenvalue weighted by molar-refractivity contribution is 8.18. The van der Waals surface area contributed by atoms with Gasteiger partial charge in [-0.25, -0.2) is 4.79 Å². The molecule has 116 valence electrons. The fourth-order valence-electron chi connectivity index (χ4n) is 1.68. The Balaban J connectivity index is 2.26. The minimum Gasteiger partial charge on any atom is -0.493 e. The number of methoxy groups -OCH3 is 1. The molecule has 22 heavy (non-hydrogen) atoms. The van der Waals surface area contributed by atoms with Crippen LogP contribution < -0.4 is 14.8 Å². The zero-order valence-corrected chi connectivity index (χ0v) is 12.6. The van der Waals surface area contributed by atoms with Crippen LogP contribution in [0.25, 0.3) is 6.08 Å². The molecule has 1 aliphatic heterocycles. The Morgan fingerprint density at radius 2 is 2.09 bits per heavy atom. The number of imide groups is 1. The first kappa shape index (κ1) is 15.9. The summed E-state index contributed by atoms with van der Waals surface area (Å²) in [4.78, 5) is 33.7. The highest BCUT2D eigenvalue weighted by atomic mass is 32.2. The molecule has 1 unspecified atom stereocenters. The quantitative estimate of drug-likeness (QED) is 0.797. The van der Waals surface area contributed by atoms with Gasteiger partial charge in [0.2, 0.25) is 0 Å². The molecule has 0 bridgehead atoms. The van der Waals surface area contributed by atoms with Crippen molar-refractivity contribution < 1.29 is 29.0 Å². The van der Waals surface area contributed by atoms with E-state index in [2.05, 4.69) is 5.32 Å². The summed E-state index contributed by atoms with van der Waals surface area (Å²) < 4.78 is 10.4. The van der Waals surface area contributed by atoms with Crippen LogP contribution in [0.3, 0.4) is 0 Å². The van der Waals surface area contributed by atoms with E-state index in [1.54, 1.807) is 18.2 Å². The lowest BCUT2D eigenvalue weighted by Crippen LogP contribution is -2.23. The van der Waals surface area contributed by atoms with Crippen LogP contribution in [0.15, 0.2) is 23.1 Å². The Labute approximate surface area is 130 Å². The van der Waals surface area contributed by atoms with Crippen molar-refractivity contribution in [1.82, 2.24) is 5.32 Å². The topological polar surface area (TPSA) is 102 Å². The van der Waals surface area contributed by atoms with E-state index >= 15 is 0 Å². The largest absolute Gasteiger partial charge is 0.493 e. The number of carbonyl (C=O) groups is 3. The van der Waals surface area contributed by atoms with Crippen molar-refractivity contribution in [3.05, 3.63) is 28.7 Å². The summed E-state index contributed by atoms with van der Waals surface area (Å²) >= 11 is 0.812. The molecule has 0 spiro atoms. The molecule has 2 rings (SSSR count). The third-order valence-electron chi connectivity index (χ3n) is 2.78. The molecule has 0 aromatic heterocycles. The van der Waals surface area contributed by atoms with Crippen molar-refractivity contribution in [1.29, 1.82) is 0 Å². The molecule has 1 aromatic carbocycles. The lowest BCUT2D eigenvalue weighted by atomic mass is 10.2. The predicted octanol–water partition coefficient (Wildman–Crippen LogP) is 1.87. The summed E-state index contributed by atoms with van der Waals surface area (Å²) in [6, 6.07) is 4.77. The zero-order chi connectivity index (χ0) is 16.3. The van der Waals surface area contributed by atoms with Crippen LogP contribution in [0.1, 0.15) is 12.5 Å². The normalized spacial score (nSPS) is 17.3. The number of amides is 2. The Hall–Kier alpha value is -2.48. The van der Waals surface area contributed by atoms with E-state index < -0.39 is 23.2 Å². The Morgan fingerprint density at radius 1 is 1.36 bits per heavy atom. The molecule has 1 heterocycles. The summed E-state index contributed by atoms with van der Waals surface area (Å²) in [7, 11) is 1.42. The lowest BCUT2D eigenvalue weighted by Gasteiger charge is -2.14. The van der Waals surface area contributed by atoms with E-state index in [1.165, 1.54) is 20.1 Å². The van der Waals surface area contributed by atoms with Crippen LogP contribution in [-0.2, 0) is 9.59 Å². The predicted molar refractivity (Wildman–Crippen MR) is 79.8 cm³/mol. The van der Waals surface area contributed by atoms with Gasteiger partial charge in [-0.3, -0.25) is 14.9 Å². The molecule has 2 amide bonds. The minimum atomic E-state index is -1.09. The third-order valence-corrected chi connectivity index (χ3v) is 3.59. The van der Waals surface area contributed by atoms with Gasteiger partial charge in [-0.2, -0.15) is 0 Å². The number of carboxylic acid groups (broad SMARTS) is 1. The van der Waals surface area contributed by atoms with Gasteiger partial charge in [-0.15, -0.1) is 0 Å². The smallest absolute Gasteiger partial charge is 0.344 e. The van der Waals surface area contributed by atoms with Crippen LogP contribution in [0, 0.1) is 0 Å². The summed E-state index contributed by atoms with van der Waals surface area (Å²) in [5.74, 6) is -0.934. The van der Waals surface area contributed by atoms with Crippen LogP contribution in [0.4, 0.5) is 4.79 Å². The molecule has 7 nitrogen and oxygen atoms in total. The Morgan fingerprint density at radius 3 is 2.64 bits per heavy atom. The average molecular weight is 323 g/mol. The highest BCUT2D eigenvalue weighted by Gasteiger charge is 2.25. The minimum absolute atomic E-state index is 0.277. The molecule has 8 heteroatoms. The van der Waals surface area contributed by atoms with Crippen molar-refractivity contribution in [3.8, 4) is 11.5 Å². The second-order valence-corrected chi connectivity index (χ2v) is 5.38. The number of rotatable bonds is 5. The van der Waals surface area contributed by atoms with Gasteiger partial charge in [-0.1, -0.05) is 6.07 Å². The lowest BCUT2D eigenvalue weighted by molar-refractivity contribution is -0.144. The monoisotopic (exact) mass is 323 g/mol. The molecular weight excluding hydrogens is 310 g/mol. The summed E-state index contributed by atoms with van der Waals surface area (Å²) in [6.45, 7) is 1.41. The van der Waals surface area contributed by atoms with Crippen LogP contribution in [0.2, 0.25) is 0 Å². The van der Waals surface area contributed by atoms with Gasteiger partial charge in [-0.05, 0) is 42.5 Å². The Bertz CT molecular complexity index is 669. The van der Waals surface area contributed by atoms with Gasteiger partial charge in [0.25, 0.3) is 11.1 Å². The maximum atomic E-state index is 11.5. The molecule has 1 atom stereocenters. The number of carbonyl (C=O) groups excluding carboxylic acids is 2. The molecule has 2 N–H and O–H groups in total. The maximum Gasteiger partial charge on any atom is 0.344 e. The zero-order valence-electron chi connectivity index (χ0n) is 11.8. The first-order chi connectivity index (χ1) is 10.4. The molecule has 0 saturated carbocycles. The molecule has 1 saturated heterocycles. The molecule has 1 fully saturated rings. The molecular formula is C14H13NO6S. The standard InChI is InChI=1S/C14H13NO6S/c1-7(13(17)18)21-9-4-3-8(5-10(9)20-2)6-11-12(16)15-14(19)22-11/h3-7H,1-2H3,(H,17,18)(H,15,16,19)/b11-6-. The first-order valence-electron chi connectivity index (χ1n) is 6.23. The van der Waals surface area contributed by atoms with Crippen molar-refractivity contribution in [2.75, 3.05) is 7.11 Å². The number of benzene rings is 1. The van der Waals surface area contributed by atoms with Crippen LogP contribution in [0.5, 0.6) is 11.5 Å². The number of aliphatic carboxylic acids is 1. The molecule has 1 aromatic rings. The second-order valence-electron chi connectivity index (χ2n) is 4.36. The van der Waals surface area contributed by atoms with E-state index in [4.69, 9.17) is 14.6 Å². The van der Waals surface area contributed by atoms with Crippen molar-refractivity contribution in [3.63, 3.8) is 0 Å². The van der Waals surface area contributed by atoms with Gasteiger partial charge < -0.3 is 14.6 Å². The number of ether oxygens (including phenoxy) is 2. The first-order valence-corrected chi connectivity index (χ1v) is 7.04. The number of hydrogen-bond acceptors (Lipinski definition) is 6. The number of carboxylic acids is 1. The van der Waals surface area contributed by atoms with Crippen molar-refractivity contribution in [2.45, 2.75) is 13.0 Å². The number of hydrogen-bond donors (Lipinski definition) is 2. The third kappa shape index (κ3) is 3.59. The average Bonchev–Trinajstić information content (AvgIpc) is 2.78. The number of thioether (sulfide) groups is 1. The summed E-state index contributed by atoms with van der Waals surface area (Å²) in [6.07, 6.45) is 0.518. The van der Waals surface area contributed by atoms with Gasteiger partial charge in [0.1, 0.15) is 0 Å². The Kier molecular flexibility index (Phi) is 4.71. The second kappa shape index (κ2) is 6.52. The maximum absolute atomic E-state index is 11.5. The summed E-state index contributed by atoms with van der Waals surface area (Å²) in [5.41, 5.74) is 0.625. The van der Waals surface area contributed by atoms with Crippen LogP contribution >= 0.6 is 11.8 Å². The van der Waals surface area contributed by atoms with E-state index in [0.717, 1.165) is 11.8 Å². The van der Waals surface area contributed by atoms with Crippen LogP contribution in [-0.4, -0.2) is 35.4 Å². The van der Waals surface area contributed by atoms with Gasteiger partial charge in [0.05, 0.1) is 12.0 Å². The van der Waals surface area contributed by atoms with E-state index in [0.29, 0.717) is 11.3 Å². The van der Waals surface area contributed by atoms with E-state index in [1.807, 2.05) is 0 Å². The highest BCUT2D eigenvalue weighted by Crippen LogP contribution is 2.32. The number of nitrogens with one attached hydrogen (secondary N) is 1. The molecule has 1 aliphatic rings. The van der Waals surface area contributed by atoms with Gasteiger partial charge in [0, 0.05) is 0 Å². The van der Waals surface area contributed by atoms with E-state index in [-0.39, 0.29) is 10.7 Å². The van der Waals surface area contributed by atoms with Crippen molar-refractivity contribution >= 4 is 35.0 Å². The van der Waals surface area contributed by atoms with Crippen molar-refractivity contribution in [2.24, 2.45) is 0 Å². The molecule has 0 aliphatic carbocycles. The van der Waals surface area contributed by atoms with Gasteiger partial charge >= 0.3 is 5.97 Å².